The first kappa shape index (κ1) is 29.4. The molecule has 0 amide bonds. The van der Waals surface area contributed by atoms with Crippen LogP contribution in [0.3, 0.4) is 0 Å². The molecule has 0 atom stereocenters. The standard InChI is InChI=1S/C21H16P.C10H9.C5H8.Zr/c1-3-11-19(12-4-1)22(20-13-5-2-6-14-20)21-15-17-9-7-8-10-18(17)16-21;1-8-6-9-4-2-3-5-10(9)7-8;1-3-5-4-2;/h1-16H;2-7H,1H3;3-5H,1H2,2H3;/q2*-1;;+2/b;;5-4+;. The Morgan fingerprint density at radius 2 is 1.11 bits per heavy atom. The van der Waals surface area contributed by atoms with E-state index < -0.39 is 7.92 Å². The molecule has 38 heavy (non-hydrogen) atoms. The molecule has 6 rings (SSSR count). The Balaban J connectivity index is 0.000000208. The SMILES string of the molecule is C=C/C=C/C.Cc1cc2ccccc2[cH-]1.[Zr+2].c1ccc(P(c2ccccc2)c2cc3ccccc3[cH-]2)cc1. The quantitative estimate of drug-likeness (QED) is 0.110. The zero-order valence-electron chi connectivity index (χ0n) is 22.1. The van der Waals surface area contributed by atoms with Crippen LogP contribution in [0.2, 0.25) is 0 Å². The van der Waals surface area contributed by atoms with E-state index in [2.05, 4.69) is 147 Å². The van der Waals surface area contributed by atoms with E-state index in [0.29, 0.717) is 0 Å². The summed E-state index contributed by atoms with van der Waals surface area (Å²) in [4.78, 5) is 0. The van der Waals surface area contributed by atoms with Crippen LogP contribution in [0.25, 0.3) is 21.5 Å². The van der Waals surface area contributed by atoms with E-state index in [0.717, 1.165) is 0 Å². The molecule has 6 aromatic carbocycles. The predicted molar refractivity (Wildman–Crippen MR) is 168 cm³/mol. The summed E-state index contributed by atoms with van der Waals surface area (Å²) < 4.78 is 0. The molecule has 0 radical (unpaired) electrons. The van der Waals surface area contributed by atoms with Crippen LogP contribution in [-0.2, 0) is 26.2 Å². The van der Waals surface area contributed by atoms with Crippen molar-refractivity contribution in [2.75, 3.05) is 0 Å². The van der Waals surface area contributed by atoms with Crippen molar-refractivity contribution in [3.63, 3.8) is 0 Å². The van der Waals surface area contributed by atoms with Crippen LogP contribution >= 0.6 is 7.92 Å². The summed E-state index contributed by atoms with van der Waals surface area (Å²) in [6, 6.07) is 47.8. The van der Waals surface area contributed by atoms with Crippen molar-refractivity contribution >= 4 is 45.4 Å². The van der Waals surface area contributed by atoms with E-state index in [9.17, 15) is 0 Å². The van der Waals surface area contributed by atoms with Crippen LogP contribution in [0.5, 0.6) is 0 Å². The zero-order chi connectivity index (χ0) is 25.9. The second kappa shape index (κ2) is 15.3. The van der Waals surface area contributed by atoms with Crippen molar-refractivity contribution in [1.82, 2.24) is 0 Å². The van der Waals surface area contributed by atoms with Gasteiger partial charge in [0.25, 0.3) is 0 Å². The first-order valence-electron chi connectivity index (χ1n) is 12.6. The molecule has 0 aliphatic heterocycles. The second-order valence-electron chi connectivity index (χ2n) is 8.77. The van der Waals surface area contributed by atoms with Crippen LogP contribution in [-0.4, -0.2) is 0 Å². The minimum absolute atomic E-state index is 0. The second-order valence-corrected chi connectivity index (χ2v) is 11.0. The smallest absolute Gasteiger partial charge is 0.165 e. The van der Waals surface area contributed by atoms with E-state index in [-0.39, 0.29) is 26.2 Å². The Labute approximate surface area is 248 Å². The summed E-state index contributed by atoms with van der Waals surface area (Å²) in [5.74, 6) is 0. The minimum atomic E-state index is -0.493. The number of benzene rings is 4. The fraction of sp³-hybridized carbons (Fsp3) is 0.0556. The Bertz CT molecular complexity index is 1450. The summed E-state index contributed by atoms with van der Waals surface area (Å²) >= 11 is 0. The topological polar surface area (TPSA) is 0 Å². The molecule has 0 heterocycles. The molecule has 0 saturated heterocycles. The Morgan fingerprint density at radius 1 is 0.632 bits per heavy atom. The van der Waals surface area contributed by atoms with Gasteiger partial charge in [0.05, 0.1) is 0 Å². The average Bonchev–Trinajstić information content (AvgIpc) is 3.54. The van der Waals surface area contributed by atoms with Crippen LogP contribution in [0.4, 0.5) is 0 Å². The normalized spacial score (nSPS) is 10.4. The van der Waals surface area contributed by atoms with Gasteiger partial charge in [-0.3, -0.25) is 0 Å². The zero-order valence-corrected chi connectivity index (χ0v) is 25.4. The maximum Gasteiger partial charge on any atom is 2.00 e. The summed E-state index contributed by atoms with van der Waals surface area (Å²) in [5, 5.41) is 9.58. The Hall–Kier alpha value is -3.11. The van der Waals surface area contributed by atoms with Gasteiger partial charge in [0.1, 0.15) is 0 Å². The van der Waals surface area contributed by atoms with Crippen molar-refractivity contribution < 1.29 is 26.2 Å². The van der Waals surface area contributed by atoms with Crippen LogP contribution in [0.1, 0.15) is 12.5 Å². The van der Waals surface area contributed by atoms with Gasteiger partial charge in [-0.2, -0.15) is 12.1 Å². The molecule has 6 aromatic rings. The third kappa shape index (κ3) is 7.95. The third-order valence-electron chi connectivity index (χ3n) is 5.98. The molecule has 0 saturated carbocycles. The van der Waals surface area contributed by atoms with E-state index >= 15 is 0 Å². The number of aryl methyl sites for hydroxylation is 1. The van der Waals surface area contributed by atoms with Gasteiger partial charge in [-0.1, -0.05) is 105 Å². The number of hydrogen-bond acceptors (Lipinski definition) is 0. The minimum Gasteiger partial charge on any atom is -0.165 e. The maximum atomic E-state index is 3.46. The van der Waals surface area contributed by atoms with Crippen LogP contribution in [0.15, 0.2) is 158 Å². The molecule has 0 aromatic heterocycles. The first-order valence-corrected chi connectivity index (χ1v) is 14.0. The van der Waals surface area contributed by atoms with E-state index in [4.69, 9.17) is 0 Å². The molecular weight excluding hydrogens is 555 g/mol. The van der Waals surface area contributed by atoms with Crippen molar-refractivity contribution in [2.45, 2.75) is 13.8 Å². The Kier molecular flexibility index (Phi) is 11.9. The van der Waals surface area contributed by atoms with Crippen molar-refractivity contribution in [2.24, 2.45) is 0 Å². The van der Waals surface area contributed by atoms with Crippen LogP contribution < -0.4 is 15.9 Å². The summed E-state index contributed by atoms with van der Waals surface area (Å²) in [6.07, 6.45) is 5.58. The monoisotopic (exact) mass is 586 g/mol. The van der Waals surface area contributed by atoms with Gasteiger partial charge in [-0.25, -0.2) is 0 Å². The molecule has 0 unspecified atom stereocenters. The van der Waals surface area contributed by atoms with E-state index in [1.165, 1.54) is 43.0 Å². The molecule has 0 N–H and O–H groups in total. The summed E-state index contributed by atoms with van der Waals surface area (Å²) in [6.45, 7) is 7.55. The molecule has 0 aliphatic carbocycles. The van der Waals surface area contributed by atoms with Gasteiger partial charge in [-0.15, -0.1) is 80.9 Å². The van der Waals surface area contributed by atoms with Gasteiger partial charge in [-0.05, 0) is 25.5 Å². The van der Waals surface area contributed by atoms with E-state index in [1.54, 1.807) is 6.08 Å². The number of fused-ring (bicyclic) bond motifs is 2. The first-order chi connectivity index (χ1) is 18.2. The summed E-state index contributed by atoms with van der Waals surface area (Å²) in [5.41, 5.74) is 1.35. The van der Waals surface area contributed by atoms with Crippen LogP contribution in [0, 0.1) is 6.92 Å². The summed E-state index contributed by atoms with van der Waals surface area (Å²) in [7, 11) is -0.493. The molecule has 0 fully saturated rings. The average molecular weight is 588 g/mol. The van der Waals surface area contributed by atoms with Gasteiger partial charge >= 0.3 is 26.2 Å². The number of rotatable bonds is 4. The van der Waals surface area contributed by atoms with Crippen molar-refractivity contribution in [3.05, 3.63) is 164 Å². The number of hydrogen-bond donors (Lipinski definition) is 0. The van der Waals surface area contributed by atoms with Gasteiger partial charge in [0.2, 0.25) is 0 Å². The van der Waals surface area contributed by atoms with Crippen molar-refractivity contribution in [3.8, 4) is 0 Å². The predicted octanol–water partition coefficient (Wildman–Crippen LogP) is 8.93. The van der Waals surface area contributed by atoms with Gasteiger partial charge in [0.15, 0.2) is 0 Å². The third-order valence-corrected chi connectivity index (χ3v) is 8.38. The fourth-order valence-electron chi connectivity index (χ4n) is 4.31. The Morgan fingerprint density at radius 3 is 1.55 bits per heavy atom. The molecule has 2 heteroatoms. The molecule has 0 nitrogen and oxygen atoms in total. The van der Waals surface area contributed by atoms with Crippen molar-refractivity contribution in [1.29, 1.82) is 0 Å². The fourth-order valence-corrected chi connectivity index (χ4v) is 6.68. The largest absolute Gasteiger partial charge is 2.00 e. The van der Waals surface area contributed by atoms with Gasteiger partial charge in [0, 0.05) is 0 Å². The maximum absolute atomic E-state index is 3.46. The molecule has 0 bridgehead atoms. The molecule has 186 valence electrons. The molecule has 0 spiro atoms. The van der Waals surface area contributed by atoms with Gasteiger partial charge < -0.3 is 0 Å². The van der Waals surface area contributed by atoms with E-state index in [1.807, 2.05) is 19.1 Å². The number of allylic oxidation sites excluding steroid dienone is 3. The molecule has 0 aliphatic rings. The molecular formula is C36H33PZr.